The highest BCUT2D eigenvalue weighted by Gasteiger charge is 2.33. The lowest BCUT2D eigenvalue weighted by Gasteiger charge is -2.15. The standard InChI is InChI=1S/C8H14N4O3/c9-5(10)1-2-12-8-6(11)7(14)4(3-13)15-8/h1-2,6,8,12-14H,3,11H2,(H3,9,10)/b2-1-/t6?,8-/m1/s1. The van der Waals surface area contributed by atoms with Gasteiger partial charge in [0.25, 0.3) is 0 Å². The van der Waals surface area contributed by atoms with Gasteiger partial charge in [-0.1, -0.05) is 0 Å². The number of hydrogen-bond donors (Lipinski definition) is 6. The average molecular weight is 214 g/mol. The third-order valence-electron chi connectivity index (χ3n) is 1.86. The van der Waals surface area contributed by atoms with Crippen molar-refractivity contribution in [2.24, 2.45) is 11.5 Å². The third kappa shape index (κ3) is 2.61. The molecule has 84 valence electrons. The fraction of sp³-hybridized carbons (Fsp3) is 0.375. The van der Waals surface area contributed by atoms with E-state index < -0.39 is 18.9 Å². The second-order valence-corrected chi connectivity index (χ2v) is 2.99. The Labute approximate surface area is 86.5 Å². The Bertz CT molecular complexity index is 313. The molecule has 1 rings (SSSR count). The Kier molecular flexibility index (Phi) is 3.53. The Morgan fingerprint density at radius 2 is 2.33 bits per heavy atom. The van der Waals surface area contributed by atoms with Gasteiger partial charge in [-0.25, -0.2) is 0 Å². The van der Waals surface area contributed by atoms with E-state index in [-0.39, 0.29) is 17.4 Å². The summed E-state index contributed by atoms with van der Waals surface area (Å²) >= 11 is 0. The van der Waals surface area contributed by atoms with Crippen LogP contribution in [0, 0.1) is 5.41 Å². The average Bonchev–Trinajstić information content (AvgIpc) is 2.45. The highest BCUT2D eigenvalue weighted by molar-refractivity contribution is 5.88. The summed E-state index contributed by atoms with van der Waals surface area (Å²) in [6.07, 6.45) is 2.03. The molecule has 8 N–H and O–H groups in total. The van der Waals surface area contributed by atoms with Gasteiger partial charge in [0.05, 0.1) is 0 Å². The van der Waals surface area contributed by atoms with Gasteiger partial charge in [-0.3, -0.25) is 5.41 Å². The van der Waals surface area contributed by atoms with Crippen molar-refractivity contribution in [3.8, 4) is 0 Å². The summed E-state index contributed by atoms with van der Waals surface area (Å²) in [6, 6.07) is -0.747. The van der Waals surface area contributed by atoms with E-state index >= 15 is 0 Å². The van der Waals surface area contributed by atoms with Crippen LogP contribution in [0.1, 0.15) is 0 Å². The molecule has 0 aromatic heterocycles. The summed E-state index contributed by atoms with van der Waals surface area (Å²) in [6.45, 7) is -0.409. The van der Waals surface area contributed by atoms with Crippen molar-refractivity contribution in [2.45, 2.75) is 12.3 Å². The molecular weight excluding hydrogens is 200 g/mol. The minimum absolute atomic E-state index is 0.0521. The van der Waals surface area contributed by atoms with Gasteiger partial charge < -0.3 is 31.7 Å². The molecule has 0 radical (unpaired) electrons. The lowest BCUT2D eigenvalue weighted by atomic mass is 10.2. The Hall–Kier alpha value is -1.73. The summed E-state index contributed by atoms with van der Waals surface area (Å²) < 4.78 is 5.10. The zero-order chi connectivity index (χ0) is 11.4. The van der Waals surface area contributed by atoms with Crippen LogP contribution in [0.5, 0.6) is 0 Å². The maximum atomic E-state index is 9.37. The molecule has 0 fully saturated rings. The predicted octanol–water partition coefficient (Wildman–Crippen LogP) is -1.53. The molecule has 0 saturated heterocycles. The monoisotopic (exact) mass is 214 g/mol. The van der Waals surface area contributed by atoms with Gasteiger partial charge in [0.15, 0.2) is 17.7 Å². The number of aliphatic hydroxyl groups is 2. The number of amidine groups is 1. The van der Waals surface area contributed by atoms with Crippen molar-refractivity contribution in [3.05, 3.63) is 23.8 Å². The Balaban J connectivity index is 2.52. The van der Waals surface area contributed by atoms with Gasteiger partial charge in [0, 0.05) is 6.20 Å². The molecule has 0 spiro atoms. The molecule has 1 unspecified atom stereocenters. The zero-order valence-corrected chi connectivity index (χ0v) is 7.97. The Morgan fingerprint density at radius 3 is 2.80 bits per heavy atom. The molecule has 0 aromatic carbocycles. The molecular formula is C8H14N4O3. The summed E-state index contributed by atoms with van der Waals surface area (Å²) in [5, 5.41) is 27.8. The number of rotatable bonds is 4. The van der Waals surface area contributed by atoms with Gasteiger partial charge in [-0.05, 0) is 6.08 Å². The number of hydrogen-bond acceptors (Lipinski definition) is 6. The van der Waals surface area contributed by atoms with Gasteiger partial charge >= 0.3 is 0 Å². The van der Waals surface area contributed by atoms with Crippen LogP contribution < -0.4 is 16.8 Å². The van der Waals surface area contributed by atoms with E-state index in [0.29, 0.717) is 0 Å². The molecule has 1 aliphatic heterocycles. The summed E-state index contributed by atoms with van der Waals surface area (Å²) in [7, 11) is 0. The first-order valence-electron chi connectivity index (χ1n) is 4.28. The van der Waals surface area contributed by atoms with Crippen LogP contribution in [0.15, 0.2) is 23.8 Å². The van der Waals surface area contributed by atoms with E-state index in [1.165, 1.54) is 12.3 Å². The van der Waals surface area contributed by atoms with Crippen LogP contribution in [0.3, 0.4) is 0 Å². The topological polar surface area (TPSA) is 138 Å². The lowest BCUT2D eigenvalue weighted by Crippen LogP contribution is -2.41. The second kappa shape index (κ2) is 4.67. The van der Waals surface area contributed by atoms with Crippen LogP contribution in [-0.4, -0.2) is 34.9 Å². The largest absolute Gasteiger partial charge is 0.507 e. The summed E-state index contributed by atoms with van der Waals surface area (Å²) in [4.78, 5) is 0. The van der Waals surface area contributed by atoms with E-state index in [1.807, 2.05) is 0 Å². The van der Waals surface area contributed by atoms with E-state index in [1.54, 1.807) is 0 Å². The second-order valence-electron chi connectivity index (χ2n) is 2.99. The van der Waals surface area contributed by atoms with Crippen molar-refractivity contribution < 1.29 is 14.9 Å². The first-order chi connectivity index (χ1) is 7.06. The minimum atomic E-state index is -0.747. The molecule has 7 heteroatoms. The van der Waals surface area contributed by atoms with Crippen LogP contribution in [0.4, 0.5) is 0 Å². The van der Waals surface area contributed by atoms with Crippen molar-refractivity contribution in [1.82, 2.24) is 5.32 Å². The zero-order valence-electron chi connectivity index (χ0n) is 7.97. The normalized spacial score (nSPS) is 25.7. The van der Waals surface area contributed by atoms with Gasteiger partial charge in [-0.2, -0.15) is 0 Å². The highest BCUT2D eigenvalue weighted by atomic mass is 16.5. The quantitative estimate of drug-likeness (QED) is 0.248. The maximum Gasteiger partial charge on any atom is 0.192 e. The lowest BCUT2D eigenvalue weighted by molar-refractivity contribution is 0.0910. The first-order valence-corrected chi connectivity index (χ1v) is 4.28. The first kappa shape index (κ1) is 11.3. The Morgan fingerprint density at radius 1 is 1.67 bits per heavy atom. The van der Waals surface area contributed by atoms with Crippen LogP contribution >= 0.6 is 0 Å². The van der Waals surface area contributed by atoms with Crippen LogP contribution in [0.25, 0.3) is 0 Å². The van der Waals surface area contributed by atoms with Crippen LogP contribution in [0.2, 0.25) is 0 Å². The third-order valence-corrected chi connectivity index (χ3v) is 1.86. The van der Waals surface area contributed by atoms with E-state index in [4.69, 9.17) is 26.7 Å². The molecule has 1 aliphatic rings. The number of aliphatic hydroxyl groups excluding tert-OH is 2. The van der Waals surface area contributed by atoms with Crippen molar-refractivity contribution in [2.75, 3.05) is 6.61 Å². The highest BCUT2D eigenvalue weighted by Crippen LogP contribution is 2.19. The van der Waals surface area contributed by atoms with Crippen molar-refractivity contribution >= 4 is 5.84 Å². The molecule has 0 saturated carbocycles. The number of nitrogens with two attached hydrogens (primary N) is 2. The predicted molar refractivity (Wildman–Crippen MR) is 53.8 cm³/mol. The molecule has 0 aromatic rings. The minimum Gasteiger partial charge on any atom is -0.507 e. The smallest absolute Gasteiger partial charge is 0.192 e. The molecule has 15 heavy (non-hydrogen) atoms. The molecule has 0 aliphatic carbocycles. The van der Waals surface area contributed by atoms with Crippen molar-refractivity contribution in [3.63, 3.8) is 0 Å². The van der Waals surface area contributed by atoms with Crippen molar-refractivity contribution in [1.29, 1.82) is 5.41 Å². The summed E-state index contributed by atoms with van der Waals surface area (Å²) in [5.41, 5.74) is 10.7. The molecule has 0 bridgehead atoms. The van der Waals surface area contributed by atoms with Gasteiger partial charge in [0.1, 0.15) is 18.5 Å². The van der Waals surface area contributed by atoms with Gasteiger partial charge in [-0.15, -0.1) is 0 Å². The number of ether oxygens (including phenoxy) is 1. The van der Waals surface area contributed by atoms with Crippen LogP contribution in [-0.2, 0) is 4.74 Å². The molecule has 2 atom stereocenters. The SMILES string of the molecule is N=C(N)/C=C\N[C@@H]1OC(CO)=C(O)C1N. The molecule has 7 nitrogen and oxygen atoms in total. The van der Waals surface area contributed by atoms with E-state index in [2.05, 4.69) is 5.32 Å². The molecule has 1 heterocycles. The van der Waals surface area contributed by atoms with Gasteiger partial charge in [0.2, 0.25) is 0 Å². The molecule has 0 amide bonds. The fourth-order valence-corrected chi connectivity index (χ4v) is 1.10. The fourth-order valence-electron chi connectivity index (χ4n) is 1.10. The number of nitrogens with one attached hydrogen (secondary N) is 2. The maximum absolute atomic E-state index is 9.37. The summed E-state index contributed by atoms with van der Waals surface area (Å²) in [5.74, 6) is -0.240. The van der Waals surface area contributed by atoms with E-state index in [0.717, 1.165) is 0 Å². The van der Waals surface area contributed by atoms with E-state index in [9.17, 15) is 5.11 Å².